The van der Waals surface area contributed by atoms with Crippen LogP contribution in [-0.2, 0) is 23.1 Å². The fraction of sp³-hybridized carbons (Fsp3) is 0.172. The van der Waals surface area contributed by atoms with Crippen LogP contribution in [0.1, 0.15) is 29.5 Å². The first kappa shape index (κ1) is 25.5. The molecule has 1 unspecified atom stereocenters. The zero-order chi connectivity index (χ0) is 27.5. The lowest BCUT2D eigenvalue weighted by Crippen LogP contribution is -2.23. The van der Waals surface area contributed by atoms with E-state index in [0.29, 0.717) is 41.2 Å². The highest BCUT2D eigenvalue weighted by Gasteiger charge is 2.36. The molecular weight excluding hydrogens is 496 g/mol. The average Bonchev–Trinajstić information content (AvgIpc) is 3.49. The van der Waals surface area contributed by atoms with Gasteiger partial charge in [0, 0.05) is 61.9 Å². The first-order chi connectivity index (χ1) is 18.8. The molecule has 0 fully saturated rings. The van der Waals surface area contributed by atoms with E-state index in [4.69, 9.17) is 4.99 Å². The molecule has 0 saturated carbocycles. The third-order valence-corrected chi connectivity index (χ3v) is 6.58. The maximum atomic E-state index is 13.2. The second-order valence-corrected chi connectivity index (χ2v) is 9.29. The number of carbonyl (C=O) groups excluding carboxylic acids is 2. The lowest BCUT2D eigenvalue weighted by atomic mass is 9.90. The Labute approximate surface area is 224 Å². The summed E-state index contributed by atoms with van der Waals surface area (Å²) < 4.78 is 1.92. The molecule has 0 bridgehead atoms. The minimum atomic E-state index is -0.834. The summed E-state index contributed by atoms with van der Waals surface area (Å²) in [6.07, 6.45) is 4.25. The van der Waals surface area contributed by atoms with E-state index in [0.717, 1.165) is 17.0 Å². The van der Waals surface area contributed by atoms with E-state index in [1.165, 1.54) is 19.1 Å². The van der Waals surface area contributed by atoms with Crippen LogP contribution in [0.2, 0.25) is 0 Å². The molecule has 0 aliphatic carbocycles. The van der Waals surface area contributed by atoms with Gasteiger partial charge < -0.3 is 15.2 Å². The highest BCUT2D eigenvalue weighted by Crippen LogP contribution is 2.38. The molecule has 1 aliphatic rings. The summed E-state index contributed by atoms with van der Waals surface area (Å²) >= 11 is 0. The van der Waals surface area contributed by atoms with Gasteiger partial charge in [0.15, 0.2) is 0 Å². The molecule has 196 valence electrons. The predicted molar refractivity (Wildman–Crippen MR) is 148 cm³/mol. The van der Waals surface area contributed by atoms with Gasteiger partial charge in [0.1, 0.15) is 11.7 Å². The Kier molecular flexibility index (Phi) is 7.00. The number of aromatic nitrogens is 2. The number of fused-ring (bicyclic) bond motifs is 1. The van der Waals surface area contributed by atoms with Gasteiger partial charge in [0.25, 0.3) is 5.69 Å². The van der Waals surface area contributed by atoms with Crippen molar-refractivity contribution in [3.63, 3.8) is 0 Å². The van der Waals surface area contributed by atoms with E-state index in [2.05, 4.69) is 15.6 Å². The monoisotopic (exact) mass is 522 g/mol. The van der Waals surface area contributed by atoms with Crippen LogP contribution in [0.25, 0.3) is 11.4 Å². The number of aliphatic imine (C=N–C) groups is 1. The molecule has 2 amide bonds. The van der Waals surface area contributed by atoms with Crippen molar-refractivity contribution in [3.05, 3.63) is 106 Å². The van der Waals surface area contributed by atoms with Crippen molar-refractivity contribution in [1.29, 1.82) is 0 Å². The van der Waals surface area contributed by atoms with Crippen LogP contribution in [0, 0.1) is 10.1 Å². The molecule has 2 heterocycles. The van der Waals surface area contributed by atoms with Crippen LogP contribution >= 0.6 is 0 Å². The lowest BCUT2D eigenvalue weighted by molar-refractivity contribution is -0.384. The van der Waals surface area contributed by atoms with Crippen LogP contribution in [0.15, 0.2) is 84.1 Å². The highest BCUT2D eigenvalue weighted by atomic mass is 16.6. The number of rotatable bonds is 8. The molecular formula is C29H26N6O4. The Morgan fingerprint density at radius 1 is 1.13 bits per heavy atom. The van der Waals surface area contributed by atoms with E-state index in [9.17, 15) is 19.7 Å². The van der Waals surface area contributed by atoms with Crippen molar-refractivity contribution in [2.24, 2.45) is 12.0 Å². The normalized spacial score (nSPS) is 14.6. The summed E-state index contributed by atoms with van der Waals surface area (Å²) in [7, 11) is 1.92. The van der Waals surface area contributed by atoms with Crippen LogP contribution in [-0.4, -0.2) is 38.5 Å². The third-order valence-electron chi connectivity index (χ3n) is 6.58. The number of non-ortho nitro benzene ring substituents is 1. The minimum Gasteiger partial charge on any atom is -0.356 e. The molecule has 0 spiro atoms. The van der Waals surface area contributed by atoms with Crippen LogP contribution in [0.3, 0.4) is 0 Å². The quantitative estimate of drug-likeness (QED) is 0.199. The average molecular weight is 523 g/mol. The van der Waals surface area contributed by atoms with Crippen LogP contribution in [0.5, 0.6) is 0 Å². The maximum Gasteiger partial charge on any atom is 0.269 e. The first-order valence-electron chi connectivity index (χ1n) is 12.4. The molecule has 5 rings (SSSR count). The Morgan fingerprint density at radius 2 is 1.87 bits per heavy atom. The molecule has 4 aromatic rings. The number of hydrogen-bond donors (Lipinski definition) is 2. The number of anilines is 1. The fourth-order valence-electron chi connectivity index (χ4n) is 4.62. The summed E-state index contributed by atoms with van der Waals surface area (Å²) in [4.78, 5) is 44.7. The van der Waals surface area contributed by atoms with Crippen molar-refractivity contribution in [1.82, 2.24) is 14.9 Å². The number of aryl methyl sites for hydroxylation is 1. The molecule has 0 radical (unpaired) electrons. The van der Waals surface area contributed by atoms with Gasteiger partial charge >= 0.3 is 0 Å². The second kappa shape index (κ2) is 10.7. The van der Waals surface area contributed by atoms with Gasteiger partial charge in [-0.3, -0.25) is 24.7 Å². The van der Waals surface area contributed by atoms with E-state index in [1.807, 2.05) is 66.3 Å². The van der Waals surface area contributed by atoms with Crippen molar-refractivity contribution < 1.29 is 14.5 Å². The number of nitrogens with zero attached hydrogens (tertiary/aromatic N) is 4. The van der Waals surface area contributed by atoms with Gasteiger partial charge in [-0.2, -0.15) is 0 Å². The number of amides is 2. The summed E-state index contributed by atoms with van der Waals surface area (Å²) in [5.41, 5.74) is 4.69. The molecule has 0 saturated heterocycles. The maximum absolute atomic E-state index is 13.2. The van der Waals surface area contributed by atoms with Crippen molar-refractivity contribution in [2.45, 2.75) is 19.3 Å². The molecule has 1 aliphatic heterocycles. The molecule has 2 N–H and O–H groups in total. The van der Waals surface area contributed by atoms with Crippen LogP contribution < -0.4 is 10.6 Å². The minimum absolute atomic E-state index is 0.0880. The second-order valence-electron chi connectivity index (χ2n) is 9.29. The summed E-state index contributed by atoms with van der Waals surface area (Å²) in [6, 6.07) is 19.5. The zero-order valence-corrected chi connectivity index (χ0v) is 21.4. The predicted octanol–water partition coefficient (Wildman–Crippen LogP) is 4.53. The van der Waals surface area contributed by atoms with Gasteiger partial charge in [0.05, 0.1) is 16.3 Å². The zero-order valence-electron chi connectivity index (χ0n) is 21.4. The van der Waals surface area contributed by atoms with Gasteiger partial charge in [-0.05, 0) is 47.9 Å². The summed E-state index contributed by atoms with van der Waals surface area (Å²) in [6.45, 7) is 1.99. The van der Waals surface area contributed by atoms with Crippen molar-refractivity contribution in [2.75, 3.05) is 11.9 Å². The van der Waals surface area contributed by atoms with Gasteiger partial charge in [0.2, 0.25) is 11.8 Å². The third kappa shape index (κ3) is 5.45. The number of imidazole rings is 1. The SMILES string of the molecule is CC(=O)NCCc1ccc(C(=Nc2ccc(-c3nccn3C)cc2)C2C(=O)Nc3ccc([N+](=O)[O-])cc32)cc1. The van der Waals surface area contributed by atoms with Crippen molar-refractivity contribution >= 4 is 34.6 Å². The number of benzene rings is 3. The molecule has 1 aromatic heterocycles. The molecule has 1 atom stereocenters. The van der Waals surface area contributed by atoms with E-state index in [-0.39, 0.29) is 17.5 Å². The number of nitro benzene ring substituents is 1. The Hall–Kier alpha value is -5.12. The van der Waals surface area contributed by atoms with E-state index < -0.39 is 10.8 Å². The number of nitrogens with one attached hydrogen (secondary N) is 2. The summed E-state index contributed by atoms with van der Waals surface area (Å²) in [5.74, 6) is -0.407. The molecule has 39 heavy (non-hydrogen) atoms. The van der Waals surface area contributed by atoms with Gasteiger partial charge in [-0.15, -0.1) is 0 Å². The van der Waals surface area contributed by atoms with Gasteiger partial charge in [-0.1, -0.05) is 24.3 Å². The van der Waals surface area contributed by atoms with Crippen LogP contribution in [0.4, 0.5) is 17.1 Å². The molecule has 10 nitrogen and oxygen atoms in total. The largest absolute Gasteiger partial charge is 0.356 e. The number of nitro groups is 1. The number of hydrogen-bond acceptors (Lipinski definition) is 6. The first-order valence-corrected chi connectivity index (χ1v) is 12.4. The van der Waals surface area contributed by atoms with E-state index >= 15 is 0 Å². The smallest absolute Gasteiger partial charge is 0.269 e. The standard InChI is InChI=1S/C29H26N6O4/c1-18(36)30-14-13-19-3-5-20(6-4-19)27(26-24-17-23(35(38)39)11-12-25(24)33-29(26)37)32-22-9-7-21(8-10-22)28-31-15-16-34(28)2/h3-12,15-17,26H,13-14H2,1-2H3,(H,30,36)(H,33,37). The van der Waals surface area contributed by atoms with Gasteiger partial charge in [-0.25, -0.2) is 4.98 Å². The Bertz CT molecular complexity index is 1590. The van der Waals surface area contributed by atoms with E-state index in [1.54, 1.807) is 12.3 Å². The number of carbonyl (C=O) groups is 2. The molecule has 10 heteroatoms. The lowest BCUT2D eigenvalue weighted by Gasteiger charge is -2.15. The molecule has 3 aromatic carbocycles. The Morgan fingerprint density at radius 3 is 2.51 bits per heavy atom. The topological polar surface area (TPSA) is 132 Å². The summed E-state index contributed by atoms with van der Waals surface area (Å²) in [5, 5.41) is 17.1. The Balaban J connectivity index is 1.55. The highest BCUT2D eigenvalue weighted by molar-refractivity contribution is 6.24. The fourth-order valence-corrected chi connectivity index (χ4v) is 4.62. The van der Waals surface area contributed by atoms with Crippen molar-refractivity contribution in [3.8, 4) is 11.4 Å².